The summed E-state index contributed by atoms with van der Waals surface area (Å²) in [5.41, 5.74) is 6.46. The molecule has 0 radical (unpaired) electrons. The average Bonchev–Trinajstić information content (AvgIpc) is 2.44. The van der Waals surface area contributed by atoms with Gasteiger partial charge in [0, 0.05) is 19.0 Å². The molecule has 0 fully saturated rings. The van der Waals surface area contributed by atoms with Crippen LogP contribution in [-0.2, 0) is 9.59 Å². The molecule has 23 heavy (non-hydrogen) atoms. The zero-order chi connectivity index (χ0) is 16.5. The molecule has 0 aromatic heterocycles. The zero-order valence-electron chi connectivity index (χ0n) is 14.0. The first-order chi connectivity index (χ1) is 10.4. The van der Waals surface area contributed by atoms with Crippen LogP contribution in [0.1, 0.15) is 45.2 Å². The number of nitrogens with two attached hydrogens (primary N) is 1. The van der Waals surface area contributed by atoms with E-state index in [1.54, 1.807) is 0 Å². The van der Waals surface area contributed by atoms with Gasteiger partial charge in [-0.1, -0.05) is 44.2 Å². The second-order valence-electron chi connectivity index (χ2n) is 6.07. The predicted molar refractivity (Wildman–Crippen MR) is 95.3 cm³/mol. The van der Waals surface area contributed by atoms with Crippen molar-refractivity contribution in [2.75, 3.05) is 6.54 Å². The Morgan fingerprint density at radius 2 is 1.74 bits per heavy atom. The molecular weight excluding hydrogens is 314 g/mol. The number of amides is 2. The second kappa shape index (κ2) is 11.0. The molecule has 0 heterocycles. The Balaban J connectivity index is 0.00000484. The van der Waals surface area contributed by atoms with Crippen LogP contribution >= 0.6 is 12.4 Å². The highest BCUT2D eigenvalue weighted by atomic mass is 35.5. The van der Waals surface area contributed by atoms with Gasteiger partial charge in [-0.2, -0.15) is 0 Å². The van der Waals surface area contributed by atoms with Crippen molar-refractivity contribution < 1.29 is 9.59 Å². The van der Waals surface area contributed by atoms with Crippen molar-refractivity contribution in [2.45, 2.75) is 45.7 Å². The van der Waals surface area contributed by atoms with Crippen LogP contribution in [0.4, 0.5) is 0 Å². The lowest BCUT2D eigenvalue weighted by Crippen LogP contribution is -2.41. The summed E-state index contributed by atoms with van der Waals surface area (Å²) in [4.78, 5) is 24.4. The van der Waals surface area contributed by atoms with Crippen molar-refractivity contribution in [1.82, 2.24) is 10.6 Å². The Hall–Kier alpha value is -1.59. The molecule has 2 atom stereocenters. The van der Waals surface area contributed by atoms with Gasteiger partial charge in [0.2, 0.25) is 11.8 Å². The first-order valence-corrected chi connectivity index (χ1v) is 7.77. The molecule has 1 aromatic rings. The van der Waals surface area contributed by atoms with E-state index in [0.29, 0.717) is 19.4 Å². The zero-order valence-corrected chi connectivity index (χ0v) is 14.9. The van der Waals surface area contributed by atoms with Gasteiger partial charge in [-0.3, -0.25) is 9.59 Å². The van der Waals surface area contributed by atoms with Crippen molar-refractivity contribution in [1.29, 1.82) is 0 Å². The number of hydrogen-bond donors (Lipinski definition) is 3. The summed E-state index contributed by atoms with van der Waals surface area (Å²) in [6, 6.07) is 8.63. The molecule has 0 aliphatic carbocycles. The highest BCUT2D eigenvalue weighted by Gasteiger charge is 2.22. The Labute approximate surface area is 144 Å². The van der Waals surface area contributed by atoms with Gasteiger partial charge >= 0.3 is 0 Å². The normalized spacial score (nSPS) is 12.9. The first-order valence-electron chi connectivity index (χ1n) is 7.77. The maximum absolute atomic E-state index is 12.4. The molecule has 0 saturated heterocycles. The Morgan fingerprint density at radius 1 is 1.13 bits per heavy atom. The first kappa shape index (κ1) is 21.4. The minimum Gasteiger partial charge on any atom is -0.354 e. The topological polar surface area (TPSA) is 84.2 Å². The van der Waals surface area contributed by atoms with Gasteiger partial charge in [-0.15, -0.1) is 12.4 Å². The predicted octanol–water partition coefficient (Wildman–Crippen LogP) is 2.17. The highest BCUT2D eigenvalue weighted by molar-refractivity contribution is 5.88. The third-order valence-electron chi connectivity index (χ3n) is 3.19. The van der Waals surface area contributed by atoms with Gasteiger partial charge in [0.15, 0.2) is 0 Å². The summed E-state index contributed by atoms with van der Waals surface area (Å²) >= 11 is 0. The van der Waals surface area contributed by atoms with Crippen LogP contribution in [0.15, 0.2) is 30.3 Å². The van der Waals surface area contributed by atoms with E-state index < -0.39 is 6.04 Å². The van der Waals surface area contributed by atoms with E-state index in [0.717, 1.165) is 5.56 Å². The maximum atomic E-state index is 12.4. The van der Waals surface area contributed by atoms with Crippen LogP contribution in [0.5, 0.6) is 0 Å². The van der Waals surface area contributed by atoms with E-state index in [1.165, 1.54) is 0 Å². The Kier molecular flexibility index (Phi) is 10.3. The van der Waals surface area contributed by atoms with Crippen LogP contribution in [0, 0.1) is 5.92 Å². The van der Waals surface area contributed by atoms with E-state index in [4.69, 9.17) is 5.73 Å². The van der Waals surface area contributed by atoms with E-state index in [-0.39, 0.29) is 36.2 Å². The SMILES string of the molecule is CC(C)CC(=O)NC(C(=O)NCCC(C)N)c1ccccc1.Cl. The lowest BCUT2D eigenvalue weighted by Gasteiger charge is -2.20. The maximum Gasteiger partial charge on any atom is 0.247 e. The van der Waals surface area contributed by atoms with E-state index in [1.807, 2.05) is 51.1 Å². The van der Waals surface area contributed by atoms with Crippen LogP contribution in [-0.4, -0.2) is 24.4 Å². The summed E-state index contributed by atoms with van der Waals surface area (Å²) < 4.78 is 0. The number of carbonyl (C=O) groups excluding carboxylic acids is 2. The molecule has 2 unspecified atom stereocenters. The fourth-order valence-electron chi connectivity index (χ4n) is 2.06. The molecule has 1 rings (SSSR count). The van der Waals surface area contributed by atoms with E-state index in [9.17, 15) is 9.59 Å². The van der Waals surface area contributed by atoms with Crippen molar-refractivity contribution >= 4 is 24.2 Å². The molecular formula is C17H28ClN3O2. The summed E-state index contributed by atoms with van der Waals surface area (Å²) in [6.45, 7) is 6.34. The second-order valence-corrected chi connectivity index (χ2v) is 6.07. The van der Waals surface area contributed by atoms with Crippen LogP contribution < -0.4 is 16.4 Å². The van der Waals surface area contributed by atoms with E-state index >= 15 is 0 Å². The molecule has 6 heteroatoms. The fourth-order valence-corrected chi connectivity index (χ4v) is 2.06. The molecule has 0 aliphatic heterocycles. The summed E-state index contributed by atoms with van der Waals surface area (Å²) in [6.07, 6.45) is 1.10. The highest BCUT2D eigenvalue weighted by Crippen LogP contribution is 2.14. The van der Waals surface area contributed by atoms with Crippen LogP contribution in [0.25, 0.3) is 0 Å². The van der Waals surface area contributed by atoms with Crippen molar-refractivity contribution in [2.24, 2.45) is 11.7 Å². The van der Waals surface area contributed by atoms with Crippen molar-refractivity contribution in [3.8, 4) is 0 Å². The monoisotopic (exact) mass is 341 g/mol. The Morgan fingerprint density at radius 3 is 2.26 bits per heavy atom. The van der Waals surface area contributed by atoms with Crippen LogP contribution in [0.2, 0.25) is 0 Å². The van der Waals surface area contributed by atoms with Gasteiger partial charge in [-0.25, -0.2) is 0 Å². The number of rotatable bonds is 8. The number of nitrogens with one attached hydrogen (secondary N) is 2. The smallest absolute Gasteiger partial charge is 0.247 e. The van der Waals surface area contributed by atoms with Gasteiger partial charge < -0.3 is 16.4 Å². The molecule has 0 aliphatic rings. The lowest BCUT2D eigenvalue weighted by molar-refractivity contribution is -0.129. The minimum absolute atomic E-state index is 0. The molecule has 130 valence electrons. The number of benzene rings is 1. The van der Waals surface area contributed by atoms with Gasteiger partial charge in [-0.05, 0) is 24.8 Å². The molecule has 0 spiro atoms. The summed E-state index contributed by atoms with van der Waals surface area (Å²) in [7, 11) is 0. The average molecular weight is 342 g/mol. The molecule has 4 N–H and O–H groups in total. The molecule has 0 bridgehead atoms. The third kappa shape index (κ3) is 8.57. The fraction of sp³-hybridized carbons (Fsp3) is 0.529. The number of carbonyl (C=O) groups is 2. The van der Waals surface area contributed by atoms with Gasteiger partial charge in [0.1, 0.15) is 6.04 Å². The van der Waals surface area contributed by atoms with Crippen LogP contribution in [0.3, 0.4) is 0 Å². The standard InChI is InChI=1S/C17H27N3O2.ClH/c1-12(2)11-15(21)20-16(14-7-5-4-6-8-14)17(22)19-10-9-13(3)18;/h4-8,12-13,16H,9-11,18H2,1-3H3,(H,19,22)(H,20,21);1H. The largest absolute Gasteiger partial charge is 0.354 e. The van der Waals surface area contributed by atoms with E-state index in [2.05, 4.69) is 10.6 Å². The van der Waals surface area contributed by atoms with Gasteiger partial charge in [0.05, 0.1) is 0 Å². The summed E-state index contributed by atoms with van der Waals surface area (Å²) in [5, 5.41) is 5.66. The minimum atomic E-state index is -0.666. The summed E-state index contributed by atoms with van der Waals surface area (Å²) in [5.74, 6) is -0.0762. The Bertz CT molecular complexity index is 478. The van der Waals surface area contributed by atoms with Gasteiger partial charge in [0.25, 0.3) is 0 Å². The third-order valence-corrected chi connectivity index (χ3v) is 3.19. The number of hydrogen-bond acceptors (Lipinski definition) is 3. The molecule has 2 amide bonds. The molecule has 1 aromatic carbocycles. The molecule has 0 saturated carbocycles. The van der Waals surface area contributed by atoms with Crippen molar-refractivity contribution in [3.63, 3.8) is 0 Å². The number of halogens is 1. The quantitative estimate of drug-likeness (QED) is 0.677. The molecule has 5 nitrogen and oxygen atoms in total. The lowest BCUT2D eigenvalue weighted by atomic mass is 10.0. The van der Waals surface area contributed by atoms with Crippen molar-refractivity contribution in [3.05, 3.63) is 35.9 Å².